The molecule has 1 heterocycles. The molecule has 5 nitrogen and oxygen atoms in total. The van der Waals surface area contributed by atoms with Gasteiger partial charge in [-0.2, -0.15) is 0 Å². The van der Waals surface area contributed by atoms with Crippen LogP contribution in [0, 0.1) is 13.8 Å². The summed E-state index contributed by atoms with van der Waals surface area (Å²) in [5.74, 6) is -0.607. The van der Waals surface area contributed by atoms with E-state index in [0.29, 0.717) is 15.7 Å². The zero-order valence-electron chi connectivity index (χ0n) is 16.1. The van der Waals surface area contributed by atoms with Gasteiger partial charge < -0.3 is 10.1 Å². The average molecular weight is 394 g/mol. The van der Waals surface area contributed by atoms with Crippen molar-refractivity contribution < 1.29 is 14.3 Å². The molecule has 144 valence electrons. The van der Waals surface area contributed by atoms with Crippen LogP contribution < -0.4 is 5.32 Å². The normalized spacial score (nSPS) is 10.5. The lowest BCUT2D eigenvalue weighted by Gasteiger charge is -2.06. The molecular weight excluding hydrogens is 372 g/mol. The van der Waals surface area contributed by atoms with Gasteiger partial charge in [-0.3, -0.25) is 4.79 Å². The average Bonchev–Trinajstić information content (AvgIpc) is 3.09. The van der Waals surface area contributed by atoms with E-state index in [1.165, 1.54) is 0 Å². The van der Waals surface area contributed by atoms with E-state index in [1.54, 1.807) is 6.92 Å². The molecule has 1 aromatic heterocycles. The van der Waals surface area contributed by atoms with Crippen molar-refractivity contribution in [3.8, 4) is 11.3 Å². The molecule has 3 rings (SSSR count). The topological polar surface area (TPSA) is 68.3 Å². The fraction of sp³-hybridized carbons (Fsp3) is 0.227. The maximum atomic E-state index is 12.5. The van der Waals surface area contributed by atoms with Gasteiger partial charge in [0.05, 0.1) is 18.7 Å². The van der Waals surface area contributed by atoms with Gasteiger partial charge in [0.25, 0.3) is 0 Å². The summed E-state index contributed by atoms with van der Waals surface area (Å²) in [7, 11) is 0. The van der Waals surface area contributed by atoms with Gasteiger partial charge in [0.2, 0.25) is 5.91 Å². The third-order valence-corrected chi connectivity index (χ3v) is 5.18. The molecule has 0 aliphatic rings. The highest BCUT2D eigenvalue weighted by Crippen LogP contribution is 2.32. The number of aromatic nitrogens is 1. The minimum atomic E-state index is -0.436. The van der Waals surface area contributed by atoms with E-state index in [9.17, 15) is 9.59 Å². The lowest BCUT2D eigenvalue weighted by molar-refractivity contribution is -0.115. The van der Waals surface area contributed by atoms with Crippen LogP contribution in [0.25, 0.3) is 11.3 Å². The van der Waals surface area contributed by atoms with Crippen molar-refractivity contribution in [2.24, 2.45) is 0 Å². The van der Waals surface area contributed by atoms with E-state index in [4.69, 9.17) is 4.74 Å². The Morgan fingerprint density at radius 1 is 1.11 bits per heavy atom. The molecule has 0 saturated carbocycles. The Morgan fingerprint density at radius 3 is 2.54 bits per heavy atom. The van der Waals surface area contributed by atoms with Crippen molar-refractivity contribution in [3.05, 3.63) is 70.1 Å². The van der Waals surface area contributed by atoms with Crippen LogP contribution in [0.2, 0.25) is 0 Å². The van der Waals surface area contributed by atoms with Crippen LogP contribution in [0.4, 0.5) is 5.13 Å². The molecule has 3 aromatic rings. The Hall–Kier alpha value is -2.99. The molecule has 0 atom stereocenters. The molecule has 1 N–H and O–H groups in total. The fourth-order valence-electron chi connectivity index (χ4n) is 2.88. The summed E-state index contributed by atoms with van der Waals surface area (Å²) < 4.78 is 5.15. The second-order valence-corrected chi connectivity index (χ2v) is 7.44. The molecule has 0 aliphatic carbocycles. The number of amides is 1. The van der Waals surface area contributed by atoms with Crippen molar-refractivity contribution in [1.82, 2.24) is 4.98 Å². The number of benzene rings is 2. The number of anilines is 1. The van der Waals surface area contributed by atoms with Crippen LogP contribution in [-0.2, 0) is 16.0 Å². The summed E-state index contributed by atoms with van der Waals surface area (Å²) in [6.45, 7) is 6.05. The van der Waals surface area contributed by atoms with E-state index in [0.717, 1.165) is 33.6 Å². The highest BCUT2D eigenvalue weighted by Gasteiger charge is 2.21. The highest BCUT2D eigenvalue weighted by molar-refractivity contribution is 7.18. The van der Waals surface area contributed by atoms with Gasteiger partial charge in [0, 0.05) is 5.56 Å². The SMILES string of the molecule is CCOC(=O)c1sc(NC(=O)Cc2ccc(C)cc2C)nc1-c1ccccc1. The molecule has 6 heteroatoms. The predicted molar refractivity (Wildman–Crippen MR) is 112 cm³/mol. The molecule has 0 spiro atoms. The molecule has 0 aliphatic heterocycles. The summed E-state index contributed by atoms with van der Waals surface area (Å²) in [6, 6.07) is 15.4. The van der Waals surface area contributed by atoms with E-state index in [1.807, 2.05) is 56.3 Å². The monoisotopic (exact) mass is 394 g/mol. The van der Waals surface area contributed by atoms with Gasteiger partial charge in [0.15, 0.2) is 5.13 Å². The number of carbonyl (C=O) groups is 2. The first-order valence-corrected chi connectivity index (χ1v) is 9.89. The Morgan fingerprint density at radius 2 is 1.86 bits per heavy atom. The maximum absolute atomic E-state index is 12.5. The minimum absolute atomic E-state index is 0.171. The lowest BCUT2D eigenvalue weighted by atomic mass is 10.0. The number of nitrogens with zero attached hydrogens (tertiary/aromatic N) is 1. The quantitative estimate of drug-likeness (QED) is 0.611. The van der Waals surface area contributed by atoms with Crippen LogP contribution >= 0.6 is 11.3 Å². The number of hydrogen-bond donors (Lipinski definition) is 1. The number of rotatable bonds is 6. The van der Waals surface area contributed by atoms with Crippen LogP contribution in [0.5, 0.6) is 0 Å². The second-order valence-electron chi connectivity index (χ2n) is 6.44. The van der Waals surface area contributed by atoms with Gasteiger partial charge in [-0.1, -0.05) is 65.4 Å². The number of ether oxygens (including phenoxy) is 1. The van der Waals surface area contributed by atoms with E-state index in [2.05, 4.69) is 16.4 Å². The number of thiazole rings is 1. The molecule has 0 saturated heterocycles. The van der Waals surface area contributed by atoms with Crippen LogP contribution in [0.15, 0.2) is 48.5 Å². The zero-order chi connectivity index (χ0) is 20.1. The first-order valence-electron chi connectivity index (χ1n) is 9.07. The summed E-state index contributed by atoms with van der Waals surface area (Å²) in [4.78, 5) is 29.7. The van der Waals surface area contributed by atoms with Crippen molar-refractivity contribution >= 4 is 28.3 Å². The van der Waals surface area contributed by atoms with Crippen LogP contribution in [0.3, 0.4) is 0 Å². The third kappa shape index (κ3) is 4.64. The summed E-state index contributed by atoms with van der Waals surface area (Å²) in [5, 5.41) is 3.21. The van der Waals surface area contributed by atoms with Crippen LogP contribution in [-0.4, -0.2) is 23.5 Å². The first-order chi connectivity index (χ1) is 13.5. The highest BCUT2D eigenvalue weighted by atomic mass is 32.1. The molecule has 0 bridgehead atoms. The van der Waals surface area contributed by atoms with Gasteiger partial charge >= 0.3 is 5.97 Å². The Bertz CT molecular complexity index is 996. The first kappa shape index (κ1) is 19.8. The number of aryl methyl sites for hydroxylation is 2. The molecule has 0 fully saturated rings. The Labute approximate surface area is 168 Å². The zero-order valence-corrected chi connectivity index (χ0v) is 16.9. The molecule has 0 unspecified atom stereocenters. The number of carbonyl (C=O) groups excluding carboxylic acids is 2. The third-order valence-electron chi connectivity index (χ3n) is 4.23. The molecule has 28 heavy (non-hydrogen) atoms. The van der Waals surface area contributed by atoms with Crippen molar-refractivity contribution in [2.45, 2.75) is 27.2 Å². The van der Waals surface area contributed by atoms with Gasteiger partial charge in [-0.25, -0.2) is 9.78 Å². The second kappa shape index (κ2) is 8.80. The minimum Gasteiger partial charge on any atom is -0.462 e. The summed E-state index contributed by atoms with van der Waals surface area (Å²) in [6.07, 6.45) is 0.251. The summed E-state index contributed by atoms with van der Waals surface area (Å²) in [5.41, 5.74) is 4.52. The molecule has 0 radical (unpaired) electrons. The lowest BCUT2D eigenvalue weighted by Crippen LogP contribution is -2.14. The largest absolute Gasteiger partial charge is 0.462 e. The smallest absolute Gasteiger partial charge is 0.350 e. The number of nitrogens with one attached hydrogen (secondary N) is 1. The Balaban J connectivity index is 1.83. The molecule has 2 aromatic carbocycles. The number of esters is 1. The molecular formula is C22H22N2O3S. The van der Waals surface area contributed by atoms with Crippen molar-refractivity contribution in [1.29, 1.82) is 0 Å². The number of hydrogen-bond acceptors (Lipinski definition) is 5. The Kier molecular flexibility index (Phi) is 6.21. The predicted octanol–water partition coefficient (Wildman–Crippen LogP) is 4.78. The van der Waals surface area contributed by atoms with E-state index < -0.39 is 5.97 Å². The van der Waals surface area contributed by atoms with E-state index in [-0.39, 0.29) is 18.9 Å². The van der Waals surface area contributed by atoms with Gasteiger partial charge in [0.1, 0.15) is 4.88 Å². The summed E-state index contributed by atoms with van der Waals surface area (Å²) >= 11 is 1.13. The molecule has 1 amide bonds. The maximum Gasteiger partial charge on any atom is 0.350 e. The van der Waals surface area contributed by atoms with Gasteiger partial charge in [-0.05, 0) is 31.9 Å². The van der Waals surface area contributed by atoms with Crippen molar-refractivity contribution in [3.63, 3.8) is 0 Å². The fourth-order valence-corrected chi connectivity index (χ4v) is 3.78. The van der Waals surface area contributed by atoms with Crippen molar-refractivity contribution in [2.75, 3.05) is 11.9 Å². The van der Waals surface area contributed by atoms with E-state index >= 15 is 0 Å². The standard InChI is InChI=1S/C22H22N2O3S/c1-4-27-21(26)20-19(16-8-6-5-7-9-16)24-22(28-20)23-18(25)13-17-11-10-14(2)12-15(17)3/h5-12H,4,13H2,1-3H3,(H,23,24,25). The van der Waals surface area contributed by atoms with Gasteiger partial charge in [-0.15, -0.1) is 0 Å². The van der Waals surface area contributed by atoms with Crippen LogP contribution in [0.1, 0.15) is 33.3 Å².